The second-order valence-corrected chi connectivity index (χ2v) is 5.86. The van der Waals surface area contributed by atoms with Crippen LogP contribution in [0.5, 0.6) is 0 Å². The Balaban J connectivity index is 1.69. The fourth-order valence-electron chi connectivity index (χ4n) is 3.55. The molecule has 1 aromatic carbocycles. The number of hydrogen-bond donors (Lipinski definition) is 2. The van der Waals surface area contributed by atoms with E-state index in [4.69, 9.17) is 5.73 Å². The van der Waals surface area contributed by atoms with E-state index in [1.54, 1.807) is 0 Å². The molecule has 1 saturated carbocycles. The van der Waals surface area contributed by atoms with Gasteiger partial charge in [0.05, 0.1) is 0 Å². The third-order valence-corrected chi connectivity index (χ3v) is 4.66. The number of benzene rings is 1. The predicted molar refractivity (Wildman–Crippen MR) is 77.0 cm³/mol. The van der Waals surface area contributed by atoms with Crippen LogP contribution in [-0.2, 0) is 17.6 Å². The summed E-state index contributed by atoms with van der Waals surface area (Å²) in [7, 11) is 0. The van der Waals surface area contributed by atoms with E-state index in [1.807, 2.05) is 6.07 Å². The first kappa shape index (κ1) is 12.7. The van der Waals surface area contributed by atoms with Crippen molar-refractivity contribution in [2.24, 2.45) is 17.6 Å². The molecule has 2 atom stereocenters. The molecule has 3 heteroatoms. The Hall–Kier alpha value is -1.35. The fourth-order valence-corrected chi connectivity index (χ4v) is 3.55. The van der Waals surface area contributed by atoms with Crippen molar-refractivity contribution >= 4 is 11.6 Å². The molecule has 0 bridgehead atoms. The zero-order valence-electron chi connectivity index (χ0n) is 11.3. The summed E-state index contributed by atoms with van der Waals surface area (Å²) in [6, 6.07) is 6.34. The van der Waals surface area contributed by atoms with E-state index in [9.17, 15) is 4.79 Å². The van der Waals surface area contributed by atoms with Crippen molar-refractivity contribution in [1.82, 2.24) is 0 Å². The molecule has 0 saturated heterocycles. The summed E-state index contributed by atoms with van der Waals surface area (Å²) >= 11 is 0. The lowest BCUT2D eigenvalue weighted by atomic mass is 9.95. The molecule has 2 aliphatic rings. The number of carbonyl (C=O) groups excluding carboxylic acids is 1. The van der Waals surface area contributed by atoms with E-state index in [-0.39, 0.29) is 11.8 Å². The third-order valence-electron chi connectivity index (χ3n) is 4.66. The van der Waals surface area contributed by atoms with Crippen molar-refractivity contribution in [3.8, 4) is 0 Å². The van der Waals surface area contributed by atoms with Crippen LogP contribution in [-0.4, -0.2) is 12.5 Å². The maximum atomic E-state index is 12.3. The Bertz CT molecular complexity index is 484. The molecule has 3 N–H and O–H groups in total. The van der Waals surface area contributed by atoms with E-state index < -0.39 is 0 Å². The van der Waals surface area contributed by atoms with Crippen LogP contribution < -0.4 is 11.1 Å². The number of aryl methyl sites for hydroxylation is 2. The minimum atomic E-state index is 0.109. The van der Waals surface area contributed by atoms with Crippen LogP contribution in [0.1, 0.15) is 36.8 Å². The average Bonchev–Trinajstić information content (AvgIpc) is 3.06. The highest BCUT2D eigenvalue weighted by atomic mass is 16.1. The van der Waals surface area contributed by atoms with Crippen LogP contribution in [0.4, 0.5) is 5.69 Å². The van der Waals surface area contributed by atoms with Crippen molar-refractivity contribution < 1.29 is 4.79 Å². The molecule has 19 heavy (non-hydrogen) atoms. The molecule has 3 nitrogen and oxygen atoms in total. The number of nitrogens with two attached hydrogens (primary N) is 1. The van der Waals surface area contributed by atoms with Crippen LogP contribution in [0.25, 0.3) is 0 Å². The lowest BCUT2D eigenvalue weighted by Crippen LogP contribution is -2.29. The maximum absolute atomic E-state index is 12.3. The monoisotopic (exact) mass is 258 g/mol. The first-order chi connectivity index (χ1) is 9.28. The summed E-state index contributed by atoms with van der Waals surface area (Å²) in [5, 5.41) is 3.08. The summed E-state index contributed by atoms with van der Waals surface area (Å²) in [5.41, 5.74) is 9.55. The number of rotatable bonds is 3. The molecule has 102 valence electrons. The van der Waals surface area contributed by atoms with Gasteiger partial charge in [0.2, 0.25) is 5.91 Å². The Kier molecular flexibility index (Phi) is 3.56. The largest absolute Gasteiger partial charge is 0.330 e. The number of anilines is 1. The summed E-state index contributed by atoms with van der Waals surface area (Å²) in [6.07, 6.45) is 6.78. The van der Waals surface area contributed by atoms with Gasteiger partial charge in [0.15, 0.2) is 0 Å². The van der Waals surface area contributed by atoms with Gasteiger partial charge >= 0.3 is 0 Å². The van der Waals surface area contributed by atoms with E-state index in [0.717, 1.165) is 31.4 Å². The Morgan fingerprint density at radius 1 is 1.21 bits per heavy atom. The predicted octanol–water partition coefficient (Wildman–Crippen LogP) is 2.49. The van der Waals surface area contributed by atoms with E-state index >= 15 is 0 Å². The van der Waals surface area contributed by atoms with E-state index in [1.165, 1.54) is 24.0 Å². The van der Waals surface area contributed by atoms with Gasteiger partial charge in [0.25, 0.3) is 0 Å². The van der Waals surface area contributed by atoms with Crippen molar-refractivity contribution in [2.45, 2.75) is 38.5 Å². The number of nitrogens with one attached hydrogen (secondary N) is 1. The first-order valence-corrected chi connectivity index (χ1v) is 7.40. The molecule has 1 fully saturated rings. The topological polar surface area (TPSA) is 55.1 Å². The van der Waals surface area contributed by atoms with Gasteiger partial charge in [-0.05, 0) is 67.8 Å². The molecule has 3 rings (SSSR count). The van der Waals surface area contributed by atoms with E-state index in [2.05, 4.69) is 17.4 Å². The lowest BCUT2D eigenvalue weighted by molar-refractivity contribution is -0.120. The zero-order chi connectivity index (χ0) is 13.2. The molecule has 0 heterocycles. The summed E-state index contributed by atoms with van der Waals surface area (Å²) < 4.78 is 0. The highest BCUT2D eigenvalue weighted by molar-refractivity contribution is 5.93. The number of hydrogen-bond acceptors (Lipinski definition) is 2. The number of carbonyl (C=O) groups is 1. The van der Waals surface area contributed by atoms with Crippen molar-refractivity contribution in [3.63, 3.8) is 0 Å². The average molecular weight is 258 g/mol. The number of amides is 1. The molecule has 0 radical (unpaired) electrons. The smallest absolute Gasteiger partial charge is 0.227 e. The molecular formula is C16H22N2O. The van der Waals surface area contributed by atoms with Crippen molar-refractivity contribution in [3.05, 3.63) is 29.3 Å². The van der Waals surface area contributed by atoms with Crippen LogP contribution in [0, 0.1) is 11.8 Å². The number of fused-ring (bicyclic) bond motifs is 1. The Labute approximate surface area is 114 Å². The van der Waals surface area contributed by atoms with Gasteiger partial charge in [0.1, 0.15) is 0 Å². The SMILES string of the molecule is NCC1CCCC1C(=O)Nc1ccc2c(c1)CCC2. The lowest BCUT2D eigenvalue weighted by Gasteiger charge is -2.17. The molecule has 1 aromatic rings. The quantitative estimate of drug-likeness (QED) is 0.875. The highest BCUT2D eigenvalue weighted by Crippen LogP contribution is 2.32. The first-order valence-electron chi connectivity index (χ1n) is 7.40. The minimum absolute atomic E-state index is 0.109. The third kappa shape index (κ3) is 2.52. The molecule has 0 aliphatic heterocycles. The van der Waals surface area contributed by atoms with Crippen LogP contribution in [0.3, 0.4) is 0 Å². The second kappa shape index (κ2) is 5.33. The van der Waals surface area contributed by atoms with Gasteiger partial charge < -0.3 is 11.1 Å². The summed E-state index contributed by atoms with van der Waals surface area (Å²) in [5.74, 6) is 0.638. The van der Waals surface area contributed by atoms with Crippen LogP contribution in [0.15, 0.2) is 18.2 Å². The Morgan fingerprint density at radius 3 is 2.89 bits per heavy atom. The van der Waals surface area contributed by atoms with Crippen molar-refractivity contribution in [2.75, 3.05) is 11.9 Å². The minimum Gasteiger partial charge on any atom is -0.330 e. The van der Waals surface area contributed by atoms with E-state index in [0.29, 0.717) is 12.5 Å². The molecule has 0 aromatic heterocycles. The highest BCUT2D eigenvalue weighted by Gasteiger charge is 2.31. The van der Waals surface area contributed by atoms with Crippen LogP contribution in [0.2, 0.25) is 0 Å². The standard InChI is InChI=1S/C16H22N2O/c17-10-13-5-2-6-15(13)16(19)18-14-8-7-11-3-1-4-12(11)9-14/h7-9,13,15H,1-6,10,17H2,(H,18,19). The second-order valence-electron chi connectivity index (χ2n) is 5.86. The van der Waals surface area contributed by atoms with Gasteiger partial charge in [-0.25, -0.2) is 0 Å². The molecule has 1 amide bonds. The molecule has 2 aliphatic carbocycles. The van der Waals surface area contributed by atoms with Gasteiger partial charge in [0, 0.05) is 11.6 Å². The fraction of sp³-hybridized carbons (Fsp3) is 0.562. The summed E-state index contributed by atoms with van der Waals surface area (Å²) in [4.78, 5) is 12.3. The maximum Gasteiger partial charge on any atom is 0.227 e. The van der Waals surface area contributed by atoms with Gasteiger partial charge in [-0.2, -0.15) is 0 Å². The molecule has 2 unspecified atom stereocenters. The normalized spacial score (nSPS) is 25.3. The van der Waals surface area contributed by atoms with Gasteiger partial charge in [-0.1, -0.05) is 12.5 Å². The molecular weight excluding hydrogens is 236 g/mol. The van der Waals surface area contributed by atoms with Crippen molar-refractivity contribution in [1.29, 1.82) is 0 Å². The Morgan fingerprint density at radius 2 is 2.05 bits per heavy atom. The van der Waals surface area contributed by atoms with Crippen LogP contribution >= 0.6 is 0 Å². The molecule has 0 spiro atoms. The summed E-state index contributed by atoms with van der Waals surface area (Å²) in [6.45, 7) is 0.627. The van der Waals surface area contributed by atoms with Gasteiger partial charge in [-0.3, -0.25) is 4.79 Å². The zero-order valence-corrected chi connectivity index (χ0v) is 11.3. The van der Waals surface area contributed by atoms with Gasteiger partial charge in [-0.15, -0.1) is 0 Å².